The lowest BCUT2D eigenvalue weighted by Gasteiger charge is -2.30. The largest absolute Gasteiger partial charge is 0.369 e. The average molecular weight is 347 g/mol. The van der Waals surface area contributed by atoms with Gasteiger partial charge in [-0.15, -0.1) is 11.3 Å². The minimum Gasteiger partial charge on any atom is -0.369 e. The van der Waals surface area contributed by atoms with Gasteiger partial charge in [0.05, 0.1) is 11.6 Å². The van der Waals surface area contributed by atoms with Crippen LogP contribution in [0.15, 0.2) is 24.3 Å². The Bertz CT molecular complexity index is 773. The molecule has 0 bridgehead atoms. The summed E-state index contributed by atoms with van der Waals surface area (Å²) in [5.41, 5.74) is 6.79. The summed E-state index contributed by atoms with van der Waals surface area (Å²) in [7, 11) is 0. The third-order valence-corrected chi connectivity index (χ3v) is 5.39. The van der Waals surface area contributed by atoms with Crippen molar-refractivity contribution in [3.05, 3.63) is 40.7 Å². The zero-order chi connectivity index (χ0) is 17.3. The van der Waals surface area contributed by atoms with Gasteiger partial charge in [-0.05, 0) is 44.0 Å². The quantitative estimate of drug-likeness (QED) is 0.927. The molecule has 1 aromatic carbocycles. The number of nitrogens with zero attached hydrogens (tertiary/aromatic N) is 2. The van der Waals surface area contributed by atoms with Gasteiger partial charge in [-0.3, -0.25) is 9.59 Å². The molecule has 1 unspecified atom stereocenters. The zero-order valence-electron chi connectivity index (χ0n) is 13.3. The molecule has 5 nitrogen and oxygen atoms in total. The molecule has 1 aliphatic rings. The predicted octanol–water partition coefficient (Wildman–Crippen LogP) is 2.60. The van der Waals surface area contributed by atoms with Crippen LogP contribution in [-0.4, -0.2) is 34.8 Å². The molecule has 1 aliphatic heterocycles. The number of piperidine rings is 1. The van der Waals surface area contributed by atoms with Crippen molar-refractivity contribution in [1.29, 1.82) is 0 Å². The summed E-state index contributed by atoms with van der Waals surface area (Å²) in [4.78, 5) is 30.8. The van der Waals surface area contributed by atoms with Crippen molar-refractivity contribution in [3.63, 3.8) is 0 Å². The van der Waals surface area contributed by atoms with E-state index < -0.39 is 0 Å². The molecule has 1 atom stereocenters. The van der Waals surface area contributed by atoms with E-state index in [2.05, 4.69) is 4.98 Å². The molecule has 7 heteroatoms. The standard InChI is InChI=1S/C17H18FN3O2S/c1-10-14(17(23)21-8-2-3-12(9-21)15(19)22)24-16(20-10)11-4-6-13(18)7-5-11/h4-7,12H,2-3,8-9H2,1H3,(H2,19,22). The smallest absolute Gasteiger partial charge is 0.265 e. The molecule has 2 aromatic rings. The molecular weight excluding hydrogens is 329 g/mol. The molecule has 3 rings (SSSR count). The summed E-state index contributed by atoms with van der Waals surface area (Å²) in [5, 5.41) is 0.680. The number of thiazole rings is 1. The van der Waals surface area contributed by atoms with E-state index in [9.17, 15) is 14.0 Å². The summed E-state index contributed by atoms with van der Waals surface area (Å²) >= 11 is 1.29. The maximum absolute atomic E-state index is 13.0. The molecular formula is C17H18FN3O2S. The second-order valence-electron chi connectivity index (χ2n) is 5.93. The number of halogens is 1. The molecule has 1 saturated heterocycles. The third kappa shape index (κ3) is 3.31. The number of carbonyl (C=O) groups excluding carboxylic acids is 2. The van der Waals surface area contributed by atoms with Crippen LogP contribution in [-0.2, 0) is 4.79 Å². The molecule has 2 amide bonds. The average Bonchev–Trinajstić information content (AvgIpc) is 2.96. The lowest BCUT2D eigenvalue weighted by molar-refractivity contribution is -0.123. The fourth-order valence-corrected chi connectivity index (χ4v) is 3.89. The van der Waals surface area contributed by atoms with Crippen molar-refractivity contribution >= 4 is 23.2 Å². The van der Waals surface area contributed by atoms with E-state index in [-0.39, 0.29) is 23.5 Å². The second kappa shape index (κ2) is 6.68. The second-order valence-corrected chi connectivity index (χ2v) is 6.93. The molecule has 0 radical (unpaired) electrons. The Hall–Kier alpha value is -2.28. The summed E-state index contributed by atoms with van der Waals surface area (Å²) in [6, 6.07) is 6.03. The fraction of sp³-hybridized carbons (Fsp3) is 0.353. The third-order valence-electron chi connectivity index (χ3n) is 4.19. The van der Waals surface area contributed by atoms with Crippen molar-refractivity contribution in [2.45, 2.75) is 19.8 Å². The van der Waals surface area contributed by atoms with Crippen LogP contribution in [0.5, 0.6) is 0 Å². The van der Waals surface area contributed by atoms with E-state index >= 15 is 0 Å². The Morgan fingerprint density at radius 1 is 1.33 bits per heavy atom. The van der Waals surface area contributed by atoms with Crippen LogP contribution in [0.1, 0.15) is 28.2 Å². The maximum atomic E-state index is 13.0. The van der Waals surface area contributed by atoms with Crippen LogP contribution in [0, 0.1) is 18.7 Å². The number of rotatable bonds is 3. The Kier molecular flexibility index (Phi) is 4.62. The first-order chi connectivity index (χ1) is 11.5. The SMILES string of the molecule is Cc1nc(-c2ccc(F)cc2)sc1C(=O)N1CCCC(C(N)=O)C1. The van der Waals surface area contributed by atoms with E-state index in [4.69, 9.17) is 5.73 Å². The monoisotopic (exact) mass is 347 g/mol. The summed E-state index contributed by atoms with van der Waals surface area (Å²) in [6.07, 6.45) is 1.49. The molecule has 0 aliphatic carbocycles. The van der Waals surface area contributed by atoms with Crippen molar-refractivity contribution in [3.8, 4) is 10.6 Å². The normalized spacial score (nSPS) is 17.8. The predicted molar refractivity (Wildman–Crippen MR) is 90.1 cm³/mol. The van der Waals surface area contributed by atoms with Gasteiger partial charge in [0.1, 0.15) is 15.7 Å². The van der Waals surface area contributed by atoms with Crippen LogP contribution in [0.4, 0.5) is 4.39 Å². The molecule has 24 heavy (non-hydrogen) atoms. The molecule has 0 spiro atoms. The molecule has 2 heterocycles. The minimum absolute atomic E-state index is 0.121. The number of nitrogens with two attached hydrogens (primary N) is 1. The van der Waals surface area contributed by atoms with Crippen LogP contribution >= 0.6 is 11.3 Å². The van der Waals surface area contributed by atoms with Crippen molar-refractivity contribution in [2.24, 2.45) is 11.7 Å². The Morgan fingerprint density at radius 2 is 2.04 bits per heavy atom. The van der Waals surface area contributed by atoms with Crippen LogP contribution in [0.3, 0.4) is 0 Å². The minimum atomic E-state index is -0.361. The van der Waals surface area contributed by atoms with Crippen molar-refractivity contribution in [2.75, 3.05) is 13.1 Å². The Morgan fingerprint density at radius 3 is 2.71 bits per heavy atom. The van der Waals surface area contributed by atoms with Gasteiger partial charge in [-0.1, -0.05) is 0 Å². The highest BCUT2D eigenvalue weighted by molar-refractivity contribution is 7.17. The van der Waals surface area contributed by atoms with Crippen molar-refractivity contribution in [1.82, 2.24) is 9.88 Å². The van der Waals surface area contributed by atoms with Crippen LogP contribution in [0.25, 0.3) is 10.6 Å². The number of primary amides is 1. The number of hydrogen-bond acceptors (Lipinski definition) is 4. The first-order valence-electron chi connectivity index (χ1n) is 7.77. The number of benzene rings is 1. The van der Waals surface area contributed by atoms with Gasteiger partial charge in [0.25, 0.3) is 5.91 Å². The van der Waals surface area contributed by atoms with Gasteiger partial charge >= 0.3 is 0 Å². The van der Waals surface area contributed by atoms with Gasteiger partial charge in [0.15, 0.2) is 0 Å². The highest BCUT2D eigenvalue weighted by atomic mass is 32.1. The molecule has 126 valence electrons. The first-order valence-corrected chi connectivity index (χ1v) is 8.59. The number of aromatic nitrogens is 1. The lowest BCUT2D eigenvalue weighted by Crippen LogP contribution is -2.44. The molecule has 2 N–H and O–H groups in total. The number of carbonyl (C=O) groups is 2. The van der Waals surface area contributed by atoms with E-state index in [1.165, 1.54) is 23.5 Å². The zero-order valence-corrected chi connectivity index (χ0v) is 14.1. The maximum Gasteiger partial charge on any atom is 0.265 e. The topological polar surface area (TPSA) is 76.3 Å². The number of likely N-dealkylation sites (tertiary alicyclic amines) is 1. The van der Waals surface area contributed by atoms with E-state index in [0.29, 0.717) is 28.7 Å². The highest BCUT2D eigenvalue weighted by Gasteiger charge is 2.29. The number of amides is 2. The van der Waals surface area contributed by atoms with Gasteiger partial charge < -0.3 is 10.6 Å². The summed E-state index contributed by atoms with van der Waals surface area (Å²) in [5.74, 6) is -1.08. The van der Waals surface area contributed by atoms with Gasteiger partial charge in [-0.2, -0.15) is 0 Å². The van der Waals surface area contributed by atoms with Gasteiger partial charge in [-0.25, -0.2) is 9.37 Å². The van der Waals surface area contributed by atoms with E-state index in [0.717, 1.165) is 18.4 Å². The lowest BCUT2D eigenvalue weighted by atomic mass is 9.97. The number of hydrogen-bond donors (Lipinski definition) is 1. The fourth-order valence-electron chi connectivity index (χ4n) is 2.85. The summed E-state index contributed by atoms with van der Waals surface area (Å²) in [6.45, 7) is 2.76. The van der Waals surface area contributed by atoms with Gasteiger partial charge in [0, 0.05) is 18.7 Å². The molecule has 1 aromatic heterocycles. The first kappa shape index (κ1) is 16.6. The Labute approximate surface area is 143 Å². The van der Waals surface area contributed by atoms with E-state index in [1.807, 2.05) is 0 Å². The van der Waals surface area contributed by atoms with Crippen LogP contribution in [0.2, 0.25) is 0 Å². The van der Waals surface area contributed by atoms with Crippen molar-refractivity contribution < 1.29 is 14.0 Å². The Balaban J connectivity index is 1.83. The number of aryl methyl sites for hydroxylation is 1. The summed E-state index contributed by atoms with van der Waals surface area (Å²) < 4.78 is 13.0. The molecule has 1 fully saturated rings. The molecule has 0 saturated carbocycles. The van der Waals surface area contributed by atoms with Gasteiger partial charge in [0.2, 0.25) is 5.91 Å². The van der Waals surface area contributed by atoms with E-state index in [1.54, 1.807) is 24.0 Å². The van der Waals surface area contributed by atoms with Crippen LogP contribution < -0.4 is 5.73 Å². The highest BCUT2D eigenvalue weighted by Crippen LogP contribution is 2.30.